The number of aromatic nitrogens is 1. The predicted molar refractivity (Wildman–Crippen MR) is 130 cm³/mol. The van der Waals surface area contributed by atoms with Crippen molar-refractivity contribution in [1.82, 2.24) is 15.6 Å². The molecule has 2 aliphatic carbocycles. The second-order valence-electron chi connectivity index (χ2n) is 9.01. The Morgan fingerprint density at radius 2 is 1.71 bits per heavy atom. The maximum absolute atomic E-state index is 12.6. The SMILES string of the molecule is Cc1nc(CNC(=O)CC2(NC(=O)OCC3c4ccccc4-c4ccccc43)CC2)sc1C(=O)O. The summed E-state index contributed by atoms with van der Waals surface area (Å²) in [6.45, 7) is 2.00. The molecule has 2 aromatic carbocycles. The van der Waals surface area contributed by atoms with Gasteiger partial charge in [-0.25, -0.2) is 14.6 Å². The van der Waals surface area contributed by atoms with Crippen LogP contribution in [0, 0.1) is 6.92 Å². The maximum Gasteiger partial charge on any atom is 0.407 e. The van der Waals surface area contributed by atoms with E-state index in [1.807, 2.05) is 24.3 Å². The zero-order valence-electron chi connectivity index (χ0n) is 19.2. The number of benzene rings is 2. The van der Waals surface area contributed by atoms with Gasteiger partial charge in [0.2, 0.25) is 5.91 Å². The minimum atomic E-state index is -1.03. The molecule has 1 saturated carbocycles. The van der Waals surface area contributed by atoms with E-state index in [9.17, 15) is 14.4 Å². The van der Waals surface area contributed by atoms with Gasteiger partial charge in [-0.15, -0.1) is 11.3 Å². The Balaban J connectivity index is 1.14. The third-order valence-electron chi connectivity index (χ3n) is 6.54. The van der Waals surface area contributed by atoms with Crippen molar-refractivity contribution in [2.45, 2.75) is 44.2 Å². The highest BCUT2D eigenvalue weighted by Crippen LogP contribution is 2.44. The summed E-state index contributed by atoms with van der Waals surface area (Å²) in [5.74, 6) is -1.28. The smallest absolute Gasteiger partial charge is 0.407 e. The van der Waals surface area contributed by atoms with Gasteiger partial charge in [0.05, 0.1) is 17.8 Å². The van der Waals surface area contributed by atoms with Crippen molar-refractivity contribution in [3.63, 3.8) is 0 Å². The van der Waals surface area contributed by atoms with Gasteiger partial charge in [-0.3, -0.25) is 4.79 Å². The van der Waals surface area contributed by atoms with Crippen molar-refractivity contribution in [3.05, 3.63) is 75.2 Å². The fourth-order valence-electron chi connectivity index (χ4n) is 4.62. The number of hydrogen-bond acceptors (Lipinski definition) is 6. The first kappa shape index (κ1) is 23.0. The quantitative estimate of drug-likeness (QED) is 0.434. The van der Waals surface area contributed by atoms with Gasteiger partial charge in [-0.1, -0.05) is 48.5 Å². The molecule has 3 N–H and O–H groups in total. The highest BCUT2D eigenvalue weighted by Gasteiger charge is 2.46. The predicted octanol–water partition coefficient (Wildman–Crippen LogP) is 4.23. The second kappa shape index (κ2) is 9.14. The third kappa shape index (κ3) is 4.77. The van der Waals surface area contributed by atoms with Gasteiger partial charge in [-0.2, -0.15) is 0 Å². The number of aryl methyl sites for hydroxylation is 1. The van der Waals surface area contributed by atoms with E-state index in [1.54, 1.807) is 6.92 Å². The van der Waals surface area contributed by atoms with Crippen LogP contribution >= 0.6 is 11.3 Å². The van der Waals surface area contributed by atoms with Gasteiger partial charge in [0, 0.05) is 12.3 Å². The molecule has 2 amide bonds. The number of carboxylic acids is 1. The van der Waals surface area contributed by atoms with E-state index in [1.165, 1.54) is 11.1 Å². The Labute approximate surface area is 206 Å². The molecule has 0 aliphatic heterocycles. The van der Waals surface area contributed by atoms with E-state index in [0.717, 1.165) is 22.5 Å². The number of nitrogens with one attached hydrogen (secondary N) is 2. The van der Waals surface area contributed by atoms with Crippen LogP contribution in [0.15, 0.2) is 48.5 Å². The molecule has 0 spiro atoms. The molecule has 180 valence electrons. The van der Waals surface area contributed by atoms with Crippen LogP contribution in [-0.4, -0.2) is 40.2 Å². The molecule has 9 heteroatoms. The zero-order chi connectivity index (χ0) is 24.6. The average molecular weight is 492 g/mol. The van der Waals surface area contributed by atoms with Crippen LogP contribution in [-0.2, 0) is 16.1 Å². The van der Waals surface area contributed by atoms with Crippen molar-refractivity contribution in [2.75, 3.05) is 6.61 Å². The second-order valence-corrected chi connectivity index (χ2v) is 10.1. The Bertz CT molecular complexity index is 1270. The summed E-state index contributed by atoms with van der Waals surface area (Å²) >= 11 is 1.05. The third-order valence-corrected chi connectivity index (χ3v) is 7.68. The first-order valence-corrected chi connectivity index (χ1v) is 12.3. The van der Waals surface area contributed by atoms with E-state index in [-0.39, 0.29) is 36.3 Å². The first-order valence-electron chi connectivity index (χ1n) is 11.4. The molecule has 8 nitrogen and oxygen atoms in total. The number of carbonyl (C=O) groups excluding carboxylic acids is 2. The van der Waals surface area contributed by atoms with E-state index >= 15 is 0 Å². The fraction of sp³-hybridized carbons (Fsp3) is 0.308. The van der Waals surface area contributed by atoms with Crippen LogP contribution in [0.3, 0.4) is 0 Å². The molecule has 2 aliphatic rings. The summed E-state index contributed by atoms with van der Waals surface area (Å²) in [7, 11) is 0. The molecule has 0 unspecified atom stereocenters. The molecular weight excluding hydrogens is 466 g/mol. The van der Waals surface area contributed by atoms with E-state index in [2.05, 4.69) is 39.9 Å². The molecule has 0 saturated heterocycles. The van der Waals surface area contributed by atoms with Crippen LogP contribution in [0.2, 0.25) is 0 Å². The Hall–Kier alpha value is -3.72. The summed E-state index contributed by atoms with van der Waals surface area (Å²) in [5, 5.41) is 15.3. The van der Waals surface area contributed by atoms with Gasteiger partial charge in [0.25, 0.3) is 0 Å². The minimum absolute atomic E-state index is 0.0240. The lowest BCUT2D eigenvalue weighted by Crippen LogP contribution is -2.41. The average Bonchev–Trinajstić information content (AvgIpc) is 3.34. The normalized spacial score (nSPS) is 15.1. The van der Waals surface area contributed by atoms with Crippen molar-refractivity contribution >= 4 is 29.3 Å². The molecular formula is C26H25N3O5S. The number of carboxylic acid groups (broad SMARTS) is 1. The number of hydrogen-bond donors (Lipinski definition) is 3. The molecule has 35 heavy (non-hydrogen) atoms. The fourth-order valence-corrected chi connectivity index (χ4v) is 5.46. The van der Waals surface area contributed by atoms with Crippen LogP contribution < -0.4 is 10.6 Å². The molecule has 1 heterocycles. The first-order chi connectivity index (χ1) is 16.8. The van der Waals surface area contributed by atoms with Crippen LogP contribution in [0.1, 0.15) is 56.7 Å². The van der Waals surface area contributed by atoms with Gasteiger partial charge in [0.1, 0.15) is 16.5 Å². The number of fused-ring (bicyclic) bond motifs is 3. The van der Waals surface area contributed by atoms with Crippen molar-refractivity contribution < 1.29 is 24.2 Å². The Morgan fingerprint density at radius 3 is 2.29 bits per heavy atom. The summed E-state index contributed by atoms with van der Waals surface area (Å²) in [4.78, 5) is 40.6. The minimum Gasteiger partial charge on any atom is -0.477 e. The zero-order valence-corrected chi connectivity index (χ0v) is 20.0. The van der Waals surface area contributed by atoms with Gasteiger partial charge in [0.15, 0.2) is 0 Å². The summed E-state index contributed by atoms with van der Waals surface area (Å²) in [5.41, 5.74) is 4.45. The van der Waals surface area contributed by atoms with E-state index in [4.69, 9.17) is 9.84 Å². The van der Waals surface area contributed by atoms with Crippen LogP contribution in [0.25, 0.3) is 11.1 Å². The Morgan fingerprint density at radius 1 is 1.09 bits per heavy atom. The molecule has 0 atom stereocenters. The largest absolute Gasteiger partial charge is 0.477 e. The molecule has 3 aromatic rings. The molecule has 5 rings (SSSR count). The lowest BCUT2D eigenvalue weighted by atomic mass is 9.98. The monoisotopic (exact) mass is 491 g/mol. The number of carbonyl (C=O) groups is 3. The van der Waals surface area contributed by atoms with Crippen molar-refractivity contribution in [1.29, 1.82) is 0 Å². The lowest BCUT2D eigenvalue weighted by molar-refractivity contribution is -0.121. The number of rotatable bonds is 8. The highest BCUT2D eigenvalue weighted by atomic mass is 32.1. The number of thiazole rings is 1. The topological polar surface area (TPSA) is 118 Å². The van der Waals surface area contributed by atoms with Crippen LogP contribution in [0.5, 0.6) is 0 Å². The molecule has 0 bridgehead atoms. The van der Waals surface area contributed by atoms with Crippen molar-refractivity contribution in [3.8, 4) is 11.1 Å². The number of nitrogens with zero attached hydrogens (tertiary/aromatic N) is 1. The number of amides is 2. The lowest BCUT2D eigenvalue weighted by Gasteiger charge is -2.19. The molecule has 0 radical (unpaired) electrons. The van der Waals surface area contributed by atoms with E-state index in [0.29, 0.717) is 23.5 Å². The summed E-state index contributed by atoms with van der Waals surface area (Å²) in [6, 6.07) is 16.3. The highest BCUT2D eigenvalue weighted by molar-refractivity contribution is 7.13. The maximum atomic E-state index is 12.6. The number of ether oxygens (including phenoxy) is 1. The van der Waals surface area contributed by atoms with Gasteiger partial charge in [-0.05, 0) is 42.0 Å². The Kier molecular flexibility index (Phi) is 6.02. The molecule has 1 fully saturated rings. The summed E-state index contributed by atoms with van der Waals surface area (Å²) < 4.78 is 5.62. The van der Waals surface area contributed by atoms with Crippen molar-refractivity contribution in [2.24, 2.45) is 0 Å². The van der Waals surface area contributed by atoms with Crippen LogP contribution in [0.4, 0.5) is 4.79 Å². The molecule has 1 aromatic heterocycles. The number of alkyl carbamates (subject to hydrolysis) is 1. The standard InChI is InChI=1S/C26H25N3O5S/c1-15-23(24(31)32)35-22(28-15)13-27-21(30)12-26(10-11-26)29-25(33)34-14-20-18-8-4-2-6-16(18)17-7-3-5-9-19(17)20/h2-9,20H,10-14H2,1H3,(H,27,30)(H,29,33)(H,31,32). The van der Waals surface area contributed by atoms with Gasteiger partial charge < -0.3 is 20.5 Å². The summed E-state index contributed by atoms with van der Waals surface area (Å²) in [6.07, 6.45) is 1.00. The van der Waals surface area contributed by atoms with Gasteiger partial charge >= 0.3 is 12.1 Å². The number of aromatic carboxylic acids is 1. The van der Waals surface area contributed by atoms with E-state index < -0.39 is 17.6 Å².